The van der Waals surface area contributed by atoms with E-state index in [1.807, 2.05) is 55.5 Å². The third kappa shape index (κ3) is 4.27. The van der Waals surface area contributed by atoms with Crippen molar-refractivity contribution in [2.24, 2.45) is 5.92 Å². The first-order chi connectivity index (χ1) is 15.5. The highest BCUT2D eigenvalue weighted by molar-refractivity contribution is 7.99. The van der Waals surface area contributed by atoms with E-state index in [2.05, 4.69) is 29.0 Å². The van der Waals surface area contributed by atoms with Gasteiger partial charge in [-0.15, -0.1) is 10.2 Å². The minimum atomic E-state index is -0.763. The number of carbonyl (C=O) groups excluding carboxylic acids is 1. The fraction of sp³-hybridized carbons (Fsp3) is 0.333. The first-order valence-corrected chi connectivity index (χ1v) is 11.6. The van der Waals surface area contributed by atoms with Crippen LogP contribution in [0.25, 0.3) is 11.3 Å². The molecule has 0 N–H and O–H groups in total. The van der Waals surface area contributed by atoms with Gasteiger partial charge in [0.15, 0.2) is 5.69 Å². The van der Waals surface area contributed by atoms with E-state index in [1.165, 1.54) is 11.8 Å². The van der Waals surface area contributed by atoms with Crippen molar-refractivity contribution in [2.45, 2.75) is 38.6 Å². The van der Waals surface area contributed by atoms with Gasteiger partial charge in [-0.1, -0.05) is 62.9 Å². The standard InChI is InChI=1S/C24H26N4O3S/c1-5-20(29)28-18-12-8-6-10-16(18)21-22(25-24(27-26-21)32-14-15(2)3)31-23(28)17-11-7-9-13-19(17)30-4/h6-13,15,23H,5,14H2,1-4H3. The van der Waals surface area contributed by atoms with Gasteiger partial charge in [0.2, 0.25) is 23.2 Å². The number of ether oxygens (including phenoxy) is 2. The van der Waals surface area contributed by atoms with E-state index in [9.17, 15) is 4.79 Å². The summed E-state index contributed by atoms with van der Waals surface area (Å²) in [5.74, 6) is 2.25. The van der Waals surface area contributed by atoms with Crippen molar-refractivity contribution in [3.05, 3.63) is 54.1 Å². The molecule has 1 atom stereocenters. The average Bonchev–Trinajstić information content (AvgIpc) is 2.96. The first-order valence-electron chi connectivity index (χ1n) is 10.6. The topological polar surface area (TPSA) is 77.4 Å². The monoisotopic (exact) mass is 450 g/mol. The summed E-state index contributed by atoms with van der Waals surface area (Å²) < 4.78 is 12.0. The normalized spacial score (nSPS) is 14.9. The molecule has 166 valence electrons. The number of thioether (sulfide) groups is 1. The van der Waals surface area contributed by atoms with Crippen molar-refractivity contribution >= 4 is 23.4 Å². The van der Waals surface area contributed by atoms with Crippen LogP contribution in [0.5, 0.6) is 11.6 Å². The van der Waals surface area contributed by atoms with Crippen molar-refractivity contribution in [2.75, 3.05) is 17.8 Å². The molecule has 0 aliphatic carbocycles. The van der Waals surface area contributed by atoms with Gasteiger partial charge in [-0.05, 0) is 24.1 Å². The number of hydrogen-bond acceptors (Lipinski definition) is 7. The molecule has 3 aromatic rings. The zero-order valence-electron chi connectivity index (χ0n) is 18.6. The molecule has 1 aromatic heterocycles. The van der Waals surface area contributed by atoms with Crippen LogP contribution in [0.1, 0.15) is 39.0 Å². The maximum Gasteiger partial charge on any atom is 0.247 e. The van der Waals surface area contributed by atoms with Crippen molar-refractivity contribution in [1.29, 1.82) is 0 Å². The number of anilines is 1. The summed E-state index contributed by atoms with van der Waals surface area (Å²) in [5.41, 5.74) is 2.70. The first kappa shape index (κ1) is 22.1. The predicted molar refractivity (Wildman–Crippen MR) is 125 cm³/mol. The summed E-state index contributed by atoms with van der Waals surface area (Å²) in [7, 11) is 1.60. The van der Waals surface area contributed by atoms with Gasteiger partial charge in [0.1, 0.15) is 5.75 Å². The SMILES string of the molecule is CCC(=O)N1c2ccccc2-c2nnc(SCC(C)C)nc2OC1c1ccccc1OC. The van der Waals surface area contributed by atoms with Gasteiger partial charge in [0.25, 0.3) is 0 Å². The van der Waals surface area contributed by atoms with Gasteiger partial charge in [-0.2, -0.15) is 4.98 Å². The average molecular weight is 451 g/mol. The lowest BCUT2D eigenvalue weighted by Crippen LogP contribution is -2.37. The Bertz CT molecular complexity index is 1120. The number of para-hydroxylation sites is 2. The molecule has 0 bridgehead atoms. The molecule has 1 amide bonds. The third-order valence-electron chi connectivity index (χ3n) is 5.03. The Morgan fingerprint density at radius 3 is 2.66 bits per heavy atom. The van der Waals surface area contributed by atoms with Crippen molar-refractivity contribution < 1.29 is 14.3 Å². The van der Waals surface area contributed by atoms with E-state index < -0.39 is 6.23 Å². The Balaban J connectivity index is 1.91. The number of methoxy groups -OCH3 is 1. The Morgan fingerprint density at radius 1 is 1.16 bits per heavy atom. The van der Waals surface area contributed by atoms with Crippen LogP contribution in [-0.2, 0) is 4.79 Å². The molecule has 0 fully saturated rings. The Morgan fingerprint density at radius 2 is 1.91 bits per heavy atom. The molecule has 2 aromatic carbocycles. The molecule has 1 unspecified atom stereocenters. The fourth-order valence-electron chi connectivity index (χ4n) is 3.53. The smallest absolute Gasteiger partial charge is 0.247 e. The Hall–Kier alpha value is -3.13. The van der Waals surface area contributed by atoms with Crippen LogP contribution >= 0.6 is 11.8 Å². The fourth-order valence-corrected chi connectivity index (χ4v) is 4.26. The van der Waals surface area contributed by atoms with Gasteiger partial charge in [-0.25, -0.2) is 0 Å². The second-order valence-corrected chi connectivity index (χ2v) is 8.79. The van der Waals surface area contributed by atoms with E-state index >= 15 is 0 Å². The highest BCUT2D eigenvalue weighted by atomic mass is 32.2. The number of aromatic nitrogens is 3. The molecule has 1 aliphatic heterocycles. The molecule has 0 radical (unpaired) electrons. The Labute approximate surface area is 192 Å². The van der Waals surface area contributed by atoms with E-state index in [1.54, 1.807) is 12.0 Å². The van der Waals surface area contributed by atoms with Crippen LogP contribution in [0.4, 0.5) is 5.69 Å². The number of hydrogen-bond donors (Lipinski definition) is 0. The highest BCUT2D eigenvalue weighted by Crippen LogP contribution is 2.45. The lowest BCUT2D eigenvalue weighted by Gasteiger charge is -2.31. The minimum Gasteiger partial charge on any atom is -0.496 e. The van der Waals surface area contributed by atoms with Gasteiger partial charge in [0, 0.05) is 17.7 Å². The minimum absolute atomic E-state index is 0.0801. The number of fused-ring (bicyclic) bond motifs is 3. The van der Waals surface area contributed by atoms with Crippen molar-refractivity contribution in [1.82, 2.24) is 15.2 Å². The zero-order valence-corrected chi connectivity index (χ0v) is 19.4. The van der Waals surface area contributed by atoms with E-state index in [4.69, 9.17) is 9.47 Å². The lowest BCUT2D eigenvalue weighted by atomic mass is 10.1. The maximum atomic E-state index is 13.2. The predicted octanol–water partition coefficient (Wildman–Crippen LogP) is 5.13. The molecular formula is C24H26N4O3S. The van der Waals surface area contributed by atoms with Crippen molar-refractivity contribution in [3.63, 3.8) is 0 Å². The molecule has 0 spiro atoms. The number of nitrogens with zero attached hydrogens (tertiary/aromatic N) is 4. The highest BCUT2D eigenvalue weighted by Gasteiger charge is 2.36. The third-order valence-corrected chi connectivity index (χ3v) is 6.30. The number of benzene rings is 2. The second-order valence-electron chi connectivity index (χ2n) is 7.80. The Kier molecular flexibility index (Phi) is 6.60. The zero-order chi connectivity index (χ0) is 22.7. The van der Waals surface area contributed by atoms with Gasteiger partial charge in [0.05, 0.1) is 18.4 Å². The van der Waals surface area contributed by atoms with Gasteiger partial charge < -0.3 is 9.47 Å². The summed E-state index contributed by atoms with van der Waals surface area (Å²) >= 11 is 1.54. The summed E-state index contributed by atoms with van der Waals surface area (Å²) in [6.45, 7) is 6.12. The summed E-state index contributed by atoms with van der Waals surface area (Å²) in [4.78, 5) is 19.6. The molecule has 4 rings (SSSR count). The largest absolute Gasteiger partial charge is 0.496 e. The quantitative estimate of drug-likeness (QED) is 0.482. The lowest BCUT2D eigenvalue weighted by molar-refractivity contribution is -0.120. The number of amides is 1. The van der Waals surface area contributed by atoms with Crippen LogP contribution in [0, 0.1) is 5.92 Å². The summed E-state index contributed by atoms with van der Waals surface area (Å²) in [6, 6.07) is 15.1. The molecule has 32 heavy (non-hydrogen) atoms. The van der Waals surface area contributed by atoms with Crippen LogP contribution < -0.4 is 14.4 Å². The number of carbonyl (C=O) groups is 1. The maximum absolute atomic E-state index is 13.2. The molecule has 8 heteroatoms. The molecule has 7 nitrogen and oxygen atoms in total. The van der Waals surface area contributed by atoms with E-state index in [-0.39, 0.29) is 5.91 Å². The second kappa shape index (κ2) is 9.56. The van der Waals surface area contributed by atoms with Crippen LogP contribution in [-0.4, -0.2) is 34.0 Å². The summed E-state index contributed by atoms with van der Waals surface area (Å²) in [5, 5.41) is 9.33. The van der Waals surface area contributed by atoms with Gasteiger partial charge >= 0.3 is 0 Å². The summed E-state index contributed by atoms with van der Waals surface area (Å²) in [6.07, 6.45) is -0.450. The molecule has 0 saturated carbocycles. The number of rotatable bonds is 6. The van der Waals surface area contributed by atoms with E-state index in [0.717, 1.165) is 16.9 Å². The van der Waals surface area contributed by atoms with Crippen LogP contribution in [0.2, 0.25) is 0 Å². The molecule has 0 saturated heterocycles. The van der Waals surface area contributed by atoms with Crippen LogP contribution in [0.15, 0.2) is 53.7 Å². The molecule has 1 aliphatic rings. The molecular weight excluding hydrogens is 424 g/mol. The van der Waals surface area contributed by atoms with Crippen molar-refractivity contribution in [3.8, 4) is 22.9 Å². The van der Waals surface area contributed by atoms with Crippen LogP contribution in [0.3, 0.4) is 0 Å². The van der Waals surface area contributed by atoms with Gasteiger partial charge in [-0.3, -0.25) is 9.69 Å². The van der Waals surface area contributed by atoms with E-state index in [0.29, 0.717) is 40.5 Å². The molecule has 2 heterocycles.